The molecule has 0 heterocycles. The third kappa shape index (κ3) is 53.5. The minimum atomic E-state index is -0.782. The molecule has 1 unspecified atom stereocenters. The Balaban J connectivity index is 4.20. The van der Waals surface area contributed by atoms with Crippen LogP contribution in [0.25, 0.3) is 0 Å². The van der Waals surface area contributed by atoms with E-state index in [2.05, 4.69) is 106 Å². The summed E-state index contributed by atoms with van der Waals surface area (Å²) in [6.07, 6.45) is 73.0. The van der Waals surface area contributed by atoms with E-state index in [4.69, 9.17) is 14.2 Å². The lowest BCUT2D eigenvalue weighted by Crippen LogP contribution is -2.30. The summed E-state index contributed by atoms with van der Waals surface area (Å²) in [5.74, 6) is -0.897. The maximum atomic E-state index is 12.8. The molecule has 68 heavy (non-hydrogen) atoms. The van der Waals surface area contributed by atoms with Gasteiger partial charge < -0.3 is 14.2 Å². The van der Waals surface area contributed by atoms with Gasteiger partial charge in [0.2, 0.25) is 0 Å². The van der Waals surface area contributed by atoms with Crippen LogP contribution in [0.3, 0.4) is 0 Å². The Bertz CT molecular complexity index is 1320. The second-order valence-corrected chi connectivity index (χ2v) is 18.8. The second kappa shape index (κ2) is 56.2. The Morgan fingerprint density at radius 3 is 0.941 bits per heavy atom. The molecule has 6 heteroatoms. The summed E-state index contributed by atoms with van der Waals surface area (Å²) in [6, 6.07) is 0. The highest BCUT2D eigenvalue weighted by molar-refractivity contribution is 5.71. The van der Waals surface area contributed by atoms with Crippen molar-refractivity contribution < 1.29 is 28.6 Å². The normalized spacial score (nSPS) is 12.7. The highest BCUT2D eigenvalue weighted by atomic mass is 16.6. The Morgan fingerprint density at radius 1 is 0.309 bits per heavy atom. The van der Waals surface area contributed by atoms with Gasteiger partial charge >= 0.3 is 17.9 Å². The predicted octanol–water partition coefficient (Wildman–Crippen LogP) is 19.2. The Labute approximate surface area is 420 Å². The first-order chi connectivity index (χ1) is 33.5. The number of unbranched alkanes of at least 4 members (excludes halogenated alkanes) is 26. The van der Waals surface area contributed by atoms with Gasteiger partial charge in [-0.05, 0) is 89.9 Å². The quantitative estimate of drug-likeness (QED) is 0.0262. The van der Waals surface area contributed by atoms with Crippen molar-refractivity contribution in [2.75, 3.05) is 13.2 Å². The number of esters is 3. The fourth-order valence-electron chi connectivity index (χ4n) is 7.84. The van der Waals surface area contributed by atoms with Crippen LogP contribution < -0.4 is 0 Å². The summed E-state index contributed by atoms with van der Waals surface area (Å²) in [5.41, 5.74) is 0. The van der Waals surface area contributed by atoms with Gasteiger partial charge in [0, 0.05) is 19.3 Å². The number of hydrogen-bond donors (Lipinski definition) is 0. The van der Waals surface area contributed by atoms with Crippen LogP contribution in [0.2, 0.25) is 0 Å². The van der Waals surface area contributed by atoms with Crippen molar-refractivity contribution in [2.45, 2.75) is 277 Å². The smallest absolute Gasteiger partial charge is 0.306 e. The van der Waals surface area contributed by atoms with Crippen LogP contribution >= 0.6 is 0 Å². The first-order valence-corrected chi connectivity index (χ1v) is 28.6. The van der Waals surface area contributed by atoms with E-state index in [9.17, 15) is 14.4 Å². The van der Waals surface area contributed by atoms with Crippen LogP contribution in [0.4, 0.5) is 0 Å². The van der Waals surface area contributed by atoms with Crippen molar-refractivity contribution in [2.24, 2.45) is 0 Å². The largest absolute Gasteiger partial charge is 0.462 e. The van der Waals surface area contributed by atoms with E-state index in [-0.39, 0.29) is 31.1 Å². The summed E-state index contributed by atoms with van der Waals surface area (Å²) < 4.78 is 16.8. The number of hydrogen-bond acceptors (Lipinski definition) is 6. The Hall–Kier alpha value is -3.41. The number of rotatable bonds is 51. The lowest BCUT2D eigenvalue weighted by Gasteiger charge is -2.18. The highest BCUT2D eigenvalue weighted by Crippen LogP contribution is 2.15. The van der Waals surface area contributed by atoms with E-state index < -0.39 is 6.10 Å². The van der Waals surface area contributed by atoms with Crippen LogP contribution in [0.1, 0.15) is 271 Å². The van der Waals surface area contributed by atoms with Crippen molar-refractivity contribution >= 4 is 17.9 Å². The third-order valence-electron chi connectivity index (χ3n) is 12.1. The maximum absolute atomic E-state index is 12.8. The van der Waals surface area contributed by atoms with Gasteiger partial charge in [-0.3, -0.25) is 14.4 Å². The molecule has 0 fully saturated rings. The van der Waals surface area contributed by atoms with Gasteiger partial charge in [0.05, 0.1) is 0 Å². The fraction of sp³-hybridized carbons (Fsp3) is 0.726. The van der Waals surface area contributed by atoms with Gasteiger partial charge in [0.1, 0.15) is 13.2 Å². The van der Waals surface area contributed by atoms with E-state index in [0.717, 1.165) is 116 Å². The van der Waals surface area contributed by atoms with Gasteiger partial charge in [-0.15, -0.1) is 0 Å². The molecule has 0 saturated heterocycles. The molecule has 0 N–H and O–H groups in total. The predicted molar refractivity (Wildman–Crippen MR) is 293 cm³/mol. The number of carbonyl (C=O) groups is 3. The molecule has 390 valence electrons. The topological polar surface area (TPSA) is 78.9 Å². The van der Waals surface area contributed by atoms with E-state index in [1.54, 1.807) is 0 Å². The molecule has 0 amide bonds. The molecule has 0 aromatic carbocycles. The number of ether oxygens (including phenoxy) is 3. The first-order valence-electron chi connectivity index (χ1n) is 28.6. The summed E-state index contributed by atoms with van der Waals surface area (Å²) in [5, 5.41) is 0. The molecule has 1 atom stereocenters. The van der Waals surface area contributed by atoms with Gasteiger partial charge in [-0.25, -0.2) is 0 Å². The van der Waals surface area contributed by atoms with Crippen molar-refractivity contribution in [3.8, 4) is 0 Å². The molecule has 0 bridgehead atoms. The molecule has 0 aliphatic carbocycles. The minimum Gasteiger partial charge on any atom is -0.462 e. The van der Waals surface area contributed by atoms with Crippen LogP contribution in [0.5, 0.6) is 0 Å². The second-order valence-electron chi connectivity index (χ2n) is 18.8. The molecule has 6 nitrogen and oxygen atoms in total. The molecule has 0 spiro atoms. The van der Waals surface area contributed by atoms with E-state index in [1.807, 2.05) is 0 Å². The lowest BCUT2D eigenvalue weighted by molar-refractivity contribution is -0.167. The van der Waals surface area contributed by atoms with E-state index >= 15 is 0 Å². The van der Waals surface area contributed by atoms with Crippen LogP contribution in [0, 0.1) is 0 Å². The SMILES string of the molecule is CC/C=C\C/C=C\C/C=C\C/C=C\C/C=C\CCCCCCCCCCCCCC(=O)OCC(COC(=O)CCCCCCCCCCC)OC(=O)CCCCCCC/C=C\C/C=C\CCCC. The van der Waals surface area contributed by atoms with Crippen molar-refractivity contribution in [3.05, 3.63) is 85.1 Å². The lowest BCUT2D eigenvalue weighted by atomic mass is 10.0. The molecule has 0 aliphatic rings. The summed E-state index contributed by atoms with van der Waals surface area (Å²) in [6.45, 7) is 6.46. The fourth-order valence-corrected chi connectivity index (χ4v) is 7.84. The summed E-state index contributed by atoms with van der Waals surface area (Å²) in [7, 11) is 0. The molecule has 0 aromatic heterocycles. The molecular weight excluding hydrogens is 841 g/mol. The molecular formula is C62H106O6. The van der Waals surface area contributed by atoms with Crippen molar-refractivity contribution in [3.63, 3.8) is 0 Å². The third-order valence-corrected chi connectivity index (χ3v) is 12.1. The van der Waals surface area contributed by atoms with Gasteiger partial charge in [0.25, 0.3) is 0 Å². The van der Waals surface area contributed by atoms with Crippen molar-refractivity contribution in [1.82, 2.24) is 0 Å². The number of allylic oxidation sites excluding steroid dienone is 14. The van der Waals surface area contributed by atoms with Gasteiger partial charge in [0.15, 0.2) is 6.10 Å². The monoisotopic (exact) mass is 947 g/mol. The first kappa shape index (κ1) is 64.6. The summed E-state index contributed by atoms with van der Waals surface area (Å²) in [4.78, 5) is 38.0. The molecule has 0 rings (SSSR count). The minimum absolute atomic E-state index is 0.0809. The van der Waals surface area contributed by atoms with Crippen LogP contribution in [0.15, 0.2) is 85.1 Å². The number of carbonyl (C=O) groups excluding carboxylic acids is 3. The molecule has 0 aliphatic heterocycles. The zero-order valence-corrected chi connectivity index (χ0v) is 44.6. The Kier molecular flexibility index (Phi) is 53.4. The molecule has 0 aromatic rings. The highest BCUT2D eigenvalue weighted by Gasteiger charge is 2.19. The van der Waals surface area contributed by atoms with Crippen molar-refractivity contribution in [1.29, 1.82) is 0 Å². The maximum Gasteiger partial charge on any atom is 0.306 e. The average molecular weight is 948 g/mol. The van der Waals surface area contributed by atoms with E-state index in [1.165, 1.54) is 116 Å². The molecule has 0 saturated carbocycles. The van der Waals surface area contributed by atoms with Crippen LogP contribution in [-0.4, -0.2) is 37.2 Å². The van der Waals surface area contributed by atoms with Gasteiger partial charge in [-0.1, -0.05) is 247 Å². The van der Waals surface area contributed by atoms with Crippen LogP contribution in [-0.2, 0) is 28.6 Å². The zero-order chi connectivity index (χ0) is 49.3. The summed E-state index contributed by atoms with van der Waals surface area (Å²) >= 11 is 0. The van der Waals surface area contributed by atoms with Gasteiger partial charge in [-0.2, -0.15) is 0 Å². The zero-order valence-electron chi connectivity index (χ0n) is 44.6. The molecule has 0 radical (unpaired) electrons. The Morgan fingerprint density at radius 2 is 0.588 bits per heavy atom. The average Bonchev–Trinajstić information content (AvgIpc) is 3.34. The standard InChI is InChI=1S/C62H106O6/c1-4-7-10-13-16-19-21-23-25-26-27-28-29-30-31-32-33-34-35-36-37-39-40-43-46-49-52-55-61(64)67-58-59(57-66-60(63)54-51-48-45-42-18-15-12-9-6-3)68-62(65)56-53-50-47-44-41-38-24-22-20-17-14-11-8-5-2/h7,10,14,16-17,19,22-25,27-28,30-31,59H,4-6,8-9,11-13,15,18,20-21,26,29,32-58H2,1-3H3/b10-7-,17-14-,19-16-,24-22-,25-23-,28-27-,31-30-. The van der Waals surface area contributed by atoms with E-state index in [0.29, 0.717) is 19.3 Å².